The van der Waals surface area contributed by atoms with Crippen molar-refractivity contribution in [2.45, 2.75) is 45.2 Å². The summed E-state index contributed by atoms with van der Waals surface area (Å²) in [6.45, 7) is 3.07. The van der Waals surface area contributed by atoms with Crippen LogP contribution in [0.2, 0.25) is 0 Å². The van der Waals surface area contributed by atoms with Gasteiger partial charge in [-0.2, -0.15) is 0 Å². The van der Waals surface area contributed by atoms with E-state index >= 15 is 0 Å². The molecule has 2 N–H and O–H groups in total. The largest absolute Gasteiger partial charge is 0.495 e. The predicted octanol–water partition coefficient (Wildman–Crippen LogP) is 5.33. The van der Waals surface area contributed by atoms with Crippen LogP contribution in [0.25, 0.3) is 0 Å². The number of carbonyl (C=O) groups is 1. The summed E-state index contributed by atoms with van der Waals surface area (Å²) in [4.78, 5) is 12.4. The lowest BCUT2D eigenvalue weighted by molar-refractivity contribution is -0.118. The third kappa shape index (κ3) is 7.30. The Hall–Kier alpha value is -1.96. The van der Waals surface area contributed by atoms with Gasteiger partial charge in [0, 0.05) is 12.6 Å². The van der Waals surface area contributed by atoms with Gasteiger partial charge < -0.3 is 24.8 Å². The highest BCUT2D eigenvalue weighted by molar-refractivity contribution is 9.10. The highest BCUT2D eigenvalue weighted by atomic mass is 79.9. The van der Waals surface area contributed by atoms with E-state index in [-0.39, 0.29) is 24.9 Å². The maximum absolute atomic E-state index is 12.4. The number of hydrogen-bond donors (Lipinski definition) is 2. The third-order valence-electron chi connectivity index (χ3n) is 5.05. The first kappa shape index (κ1) is 25.3. The molecule has 1 aliphatic carbocycles. The van der Waals surface area contributed by atoms with Crippen molar-refractivity contribution in [2.75, 3.05) is 25.6 Å². The van der Waals surface area contributed by atoms with E-state index < -0.39 is 0 Å². The smallest absolute Gasteiger partial charge is 0.262 e. The normalized spacial score (nSPS) is 13.4. The molecule has 0 aliphatic heterocycles. The Morgan fingerprint density at radius 1 is 1.13 bits per heavy atom. The van der Waals surface area contributed by atoms with Crippen LogP contribution in [-0.2, 0) is 11.3 Å². The minimum atomic E-state index is -0.277. The second kappa shape index (κ2) is 12.8. The SMILES string of the molecule is CCOc1cc(CNC2CCCC2)cc(Br)c1OCC(=O)Nc1ccccc1OC.Cl. The van der Waals surface area contributed by atoms with E-state index in [1.807, 2.05) is 31.2 Å². The van der Waals surface area contributed by atoms with Gasteiger partial charge in [-0.25, -0.2) is 0 Å². The Bertz CT molecular complexity index is 859. The molecule has 0 radical (unpaired) electrons. The molecule has 0 saturated heterocycles. The fourth-order valence-corrected chi connectivity index (χ4v) is 4.19. The first-order valence-corrected chi connectivity index (χ1v) is 11.1. The van der Waals surface area contributed by atoms with Crippen LogP contribution < -0.4 is 24.8 Å². The van der Waals surface area contributed by atoms with Gasteiger partial charge in [-0.3, -0.25) is 4.79 Å². The number of methoxy groups -OCH3 is 1. The van der Waals surface area contributed by atoms with Gasteiger partial charge >= 0.3 is 0 Å². The first-order chi connectivity index (χ1) is 14.6. The van der Waals surface area contributed by atoms with Gasteiger partial charge in [0.2, 0.25) is 0 Å². The van der Waals surface area contributed by atoms with Gasteiger partial charge in [-0.1, -0.05) is 25.0 Å². The van der Waals surface area contributed by atoms with Crippen molar-refractivity contribution >= 4 is 39.9 Å². The number of anilines is 1. The van der Waals surface area contributed by atoms with Crippen molar-refractivity contribution in [3.63, 3.8) is 0 Å². The van der Waals surface area contributed by atoms with Crippen LogP contribution in [0.3, 0.4) is 0 Å². The van der Waals surface area contributed by atoms with Crippen LogP contribution in [0.1, 0.15) is 38.2 Å². The van der Waals surface area contributed by atoms with Crippen molar-refractivity contribution < 1.29 is 19.0 Å². The van der Waals surface area contributed by atoms with Crippen molar-refractivity contribution in [3.05, 3.63) is 46.4 Å². The summed E-state index contributed by atoms with van der Waals surface area (Å²) in [6, 6.07) is 11.8. The van der Waals surface area contributed by atoms with Crippen molar-refractivity contribution in [2.24, 2.45) is 0 Å². The minimum absolute atomic E-state index is 0. The molecular formula is C23H30BrClN2O4. The number of ether oxygens (including phenoxy) is 3. The van der Waals surface area contributed by atoms with E-state index in [2.05, 4.69) is 26.6 Å². The summed E-state index contributed by atoms with van der Waals surface area (Å²) in [6.07, 6.45) is 5.08. The van der Waals surface area contributed by atoms with Crippen LogP contribution in [0.4, 0.5) is 5.69 Å². The second-order valence-corrected chi connectivity index (χ2v) is 8.09. The van der Waals surface area contributed by atoms with Crippen LogP contribution >= 0.6 is 28.3 Å². The minimum Gasteiger partial charge on any atom is -0.495 e. The second-order valence-electron chi connectivity index (χ2n) is 7.24. The van der Waals surface area contributed by atoms with Crippen molar-refractivity contribution in [3.8, 4) is 17.2 Å². The van der Waals surface area contributed by atoms with Gasteiger partial charge in [0.25, 0.3) is 5.91 Å². The number of benzene rings is 2. The molecule has 1 fully saturated rings. The first-order valence-electron chi connectivity index (χ1n) is 10.3. The standard InChI is InChI=1S/C23H29BrN2O4.ClH/c1-3-29-21-13-16(14-25-17-8-4-5-9-17)12-18(24)23(21)30-15-22(27)26-19-10-6-7-11-20(19)28-2;/h6-7,10-13,17,25H,3-5,8-9,14-15H2,1-2H3,(H,26,27);1H. The maximum atomic E-state index is 12.4. The molecular weight excluding hydrogens is 484 g/mol. The molecule has 1 saturated carbocycles. The Morgan fingerprint density at radius 3 is 2.58 bits per heavy atom. The lowest BCUT2D eigenvalue weighted by Gasteiger charge is -2.17. The van der Waals surface area contributed by atoms with E-state index in [1.165, 1.54) is 25.7 Å². The number of hydrogen-bond acceptors (Lipinski definition) is 5. The number of halogens is 2. The summed E-state index contributed by atoms with van der Waals surface area (Å²) >= 11 is 3.58. The zero-order valence-corrected chi connectivity index (χ0v) is 20.3. The summed E-state index contributed by atoms with van der Waals surface area (Å²) in [7, 11) is 1.57. The summed E-state index contributed by atoms with van der Waals surface area (Å²) < 4.78 is 17.6. The molecule has 8 heteroatoms. The Kier molecular flexibility index (Phi) is 10.4. The third-order valence-corrected chi connectivity index (χ3v) is 5.64. The molecule has 0 heterocycles. The van der Waals surface area contributed by atoms with Gasteiger partial charge in [-0.05, 0) is 65.5 Å². The number of amides is 1. The molecule has 0 unspecified atom stereocenters. The fraction of sp³-hybridized carbons (Fsp3) is 0.435. The number of para-hydroxylation sites is 2. The topological polar surface area (TPSA) is 68.8 Å². The Labute approximate surface area is 198 Å². The van der Waals surface area contributed by atoms with Crippen LogP contribution in [-0.4, -0.2) is 32.3 Å². The average Bonchev–Trinajstić information content (AvgIpc) is 3.26. The molecule has 2 aromatic carbocycles. The number of nitrogens with one attached hydrogen (secondary N) is 2. The molecule has 0 bridgehead atoms. The number of carbonyl (C=O) groups excluding carboxylic acids is 1. The van der Waals surface area contributed by atoms with E-state index in [0.717, 1.165) is 16.6 Å². The zero-order valence-electron chi connectivity index (χ0n) is 17.9. The van der Waals surface area contributed by atoms with Crippen LogP contribution in [0.5, 0.6) is 17.2 Å². The van der Waals surface area contributed by atoms with Gasteiger partial charge in [0.15, 0.2) is 18.1 Å². The molecule has 0 spiro atoms. The molecule has 2 aromatic rings. The van der Waals surface area contributed by atoms with Gasteiger partial charge in [0.05, 0.1) is 23.9 Å². The van der Waals surface area contributed by atoms with E-state index in [4.69, 9.17) is 14.2 Å². The van der Waals surface area contributed by atoms with Gasteiger partial charge in [0.1, 0.15) is 5.75 Å². The molecule has 31 heavy (non-hydrogen) atoms. The lowest BCUT2D eigenvalue weighted by atomic mass is 10.1. The fourth-order valence-electron chi connectivity index (χ4n) is 3.59. The van der Waals surface area contributed by atoms with E-state index in [9.17, 15) is 4.79 Å². The highest BCUT2D eigenvalue weighted by Gasteiger charge is 2.17. The van der Waals surface area contributed by atoms with Crippen LogP contribution in [0.15, 0.2) is 40.9 Å². The highest BCUT2D eigenvalue weighted by Crippen LogP contribution is 2.37. The van der Waals surface area contributed by atoms with Gasteiger partial charge in [-0.15, -0.1) is 12.4 Å². The molecule has 0 aromatic heterocycles. The molecule has 6 nitrogen and oxygen atoms in total. The average molecular weight is 514 g/mol. The Morgan fingerprint density at radius 2 is 1.87 bits per heavy atom. The van der Waals surface area contributed by atoms with E-state index in [1.54, 1.807) is 19.2 Å². The monoisotopic (exact) mass is 512 g/mol. The van der Waals surface area contributed by atoms with Crippen molar-refractivity contribution in [1.82, 2.24) is 5.32 Å². The molecule has 170 valence electrons. The summed E-state index contributed by atoms with van der Waals surface area (Å²) in [5.41, 5.74) is 1.72. The van der Waals surface area contributed by atoms with E-state index in [0.29, 0.717) is 35.6 Å². The zero-order chi connectivity index (χ0) is 21.3. The molecule has 0 atom stereocenters. The molecule has 1 aliphatic rings. The molecule has 1 amide bonds. The maximum Gasteiger partial charge on any atom is 0.262 e. The van der Waals surface area contributed by atoms with Crippen LogP contribution in [0, 0.1) is 0 Å². The summed E-state index contributed by atoms with van der Waals surface area (Å²) in [5.74, 6) is 1.47. The lowest BCUT2D eigenvalue weighted by Crippen LogP contribution is -2.25. The quantitative estimate of drug-likeness (QED) is 0.449. The summed E-state index contributed by atoms with van der Waals surface area (Å²) in [5, 5.41) is 6.42. The predicted molar refractivity (Wildman–Crippen MR) is 129 cm³/mol. The van der Waals surface area contributed by atoms with Crippen molar-refractivity contribution in [1.29, 1.82) is 0 Å². The number of rotatable bonds is 10. The molecule has 3 rings (SSSR count). The Balaban J connectivity index is 0.00000341.